The molecule has 1 aromatic carbocycles. The highest BCUT2D eigenvalue weighted by Crippen LogP contribution is 2.26. The monoisotopic (exact) mass is 388 g/mol. The summed E-state index contributed by atoms with van der Waals surface area (Å²) in [4.78, 5) is 24.4. The molecule has 3 aromatic heterocycles. The second-order valence-electron chi connectivity index (χ2n) is 5.79. The molecular formula is C18H11F3N4O3. The highest BCUT2D eigenvalue weighted by atomic mass is 19.4. The molecule has 7 nitrogen and oxygen atoms in total. The topological polar surface area (TPSA) is 83.0 Å². The Hall–Kier alpha value is -3.69. The maximum Gasteiger partial charge on any atom is 0.573 e. The van der Waals surface area contributed by atoms with Crippen molar-refractivity contribution < 1.29 is 22.3 Å². The Morgan fingerprint density at radius 1 is 1.04 bits per heavy atom. The molecule has 0 amide bonds. The second-order valence-corrected chi connectivity index (χ2v) is 5.79. The molecule has 10 heteroatoms. The van der Waals surface area contributed by atoms with Gasteiger partial charge in [-0.1, -0.05) is 0 Å². The van der Waals surface area contributed by atoms with Crippen LogP contribution in [-0.4, -0.2) is 25.9 Å². The molecule has 0 radical (unpaired) electrons. The number of pyridine rings is 1. The molecule has 0 saturated heterocycles. The number of aromatic nitrogens is 4. The summed E-state index contributed by atoms with van der Waals surface area (Å²) in [6.45, 7) is 0.168. The summed E-state index contributed by atoms with van der Waals surface area (Å²) in [6.07, 6.45) is -0.238. The van der Waals surface area contributed by atoms with Gasteiger partial charge in [-0.05, 0) is 36.4 Å². The van der Waals surface area contributed by atoms with Crippen LogP contribution < -0.4 is 10.5 Å². The van der Waals surface area contributed by atoms with Crippen molar-refractivity contribution in [3.8, 4) is 17.0 Å². The summed E-state index contributed by atoms with van der Waals surface area (Å²) >= 11 is 0. The highest BCUT2D eigenvalue weighted by molar-refractivity contribution is 5.74. The predicted molar refractivity (Wildman–Crippen MR) is 91.5 cm³/mol. The molecule has 0 fully saturated rings. The number of oxazole rings is 1. The Labute approximate surface area is 155 Å². The fourth-order valence-corrected chi connectivity index (χ4v) is 2.67. The van der Waals surface area contributed by atoms with Crippen molar-refractivity contribution in [2.75, 3.05) is 0 Å². The summed E-state index contributed by atoms with van der Waals surface area (Å²) < 4.78 is 47.2. The van der Waals surface area contributed by atoms with E-state index in [1.807, 2.05) is 0 Å². The van der Waals surface area contributed by atoms with E-state index in [2.05, 4.69) is 19.7 Å². The molecule has 142 valence electrons. The molecule has 3 heterocycles. The van der Waals surface area contributed by atoms with Crippen LogP contribution in [0, 0.1) is 0 Å². The van der Waals surface area contributed by atoms with Gasteiger partial charge in [0.15, 0.2) is 11.2 Å². The first-order valence-corrected chi connectivity index (χ1v) is 7.99. The molecule has 0 spiro atoms. The van der Waals surface area contributed by atoms with Gasteiger partial charge < -0.3 is 9.15 Å². The summed E-state index contributed by atoms with van der Waals surface area (Å²) in [7, 11) is 0. The number of benzene rings is 1. The van der Waals surface area contributed by atoms with Gasteiger partial charge in [-0.25, -0.2) is 19.7 Å². The molecule has 28 heavy (non-hydrogen) atoms. The molecule has 0 saturated carbocycles. The lowest BCUT2D eigenvalue weighted by atomic mass is 10.1. The van der Waals surface area contributed by atoms with Crippen LogP contribution in [0.25, 0.3) is 22.5 Å². The van der Waals surface area contributed by atoms with Gasteiger partial charge in [0.1, 0.15) is 12.1 Å². The molecule has 0 unspecified atom stereocenters. The molecule has 0 aliphatic heterocycles. The lowest BCUT2D eigenvalue weighted by molar-refractivity contribution is -0.274. The van der Waals surface area contributed by atoms with Gasteiger partial charge in [-0.3, -0.25) is 4.57 Å². The zero-order chi connectivity index (χ0) is 19.7. The maximum absolute atomic E-state index is 12.3. The van der Waals surface area contributed by atoms with Crippen molar-refractivity contribution >= 4 is 11.2 Å². The number of halogens is 3. The fraction of sp³-hybridized carbons (Fsp3) is 0.111. The molecule has 4 aromatic rings. The predicted octanol–water partition coefficient (Wildman–Crippen LogP) is 3.39. The molecule has 0 aliphatic carbocycles. The third kappa shape index (κ3) is 3.70. The van der Waals surface area contributed by atoms with Crippen molar-refractivity contribution in [2.24, 2.45) is 0 Å². The lowest BCUT2D eigenvalue weighted by Gasteiger charge is -2.09. The standard InChI is InChI=1S/C18H11F3N4O3/c19-18(20,21)28-13-3-1-12(2-4-13)14-5-6-15-16(24-14)25(17(26)27-15)9-11-7-22-10-23-8-11/h1-8,10H,9H2. The van der Waals surface area contributed by atoms with Gasteiger partial charge >= 0.3 is 12.1 Å². The number of ether oxygens (including phenoxy) is 1. The van der Waals surface area contributed by atoms with Crippen LogP contribution in [0.2, 0.25) is 0 Å². The highest BCUT2D eigenvalue weighted by Gasteiger charge is 2.31. The SMILES string of the molecule is O=c1oc2ccc(-c3ccc(OC(F)(F)F)cc3)nc2n1Cc1cncnc1. The number of hydrogen-bond donors (Lipinski definition) is 0. The van der Waals surface area contributed by atoms with E-state index >= 15 is 0 Å². The summed E-state index contributed by atoms with van der Waals surface area (Å²) in [5, 5.41) is 0. The van der Waals surface area contributed by atoms with E-state index in [4.69, 9.17) is 4.42 Å². The van der Waals surface area contributed by atoms with Gasteiger partial charge in [0, 0.05) is 23.5 Å². The van der Waals surface area contributed by atoms with Gasteiger partial charge in [0.25, 0.3) is 0 Å². The Kier molecular flexibility index (Phi) is 4.30. The lowest BCUT2D eigenvalue weighted by Crippen LogP contribution is -2.17. The zero-order valence-electron chi connectivity index (χ0n) is 14.1. The Morgan fingerprint density at radius 3 is 2.43 bits per heavy atom. The largest absolute Gasteiger partial charge is 0.573 e. The molecule has 0 atom stereocenters. The number of nitrogens with zero attached hydrogens (tertiary/aromatic N) is 4. The number of alkyl halides is 3. The van der Waals surface area contributed by atoms with Crippen LogP contribution >= 0.6 is 0 Å². The van der Waals surface area contributed by atoms with E-state index in [-0.39, 0.29) is 12.3 Å². The molecular weight excluding hydrogens is 377 g/mol. The van der Waals surface area contributed by atoms with E-state index < -0.39 is 12.1 Å². The van der Waals surface area contributed by atoms with Crippen LogP contribution in [0.5, 0.6) is 5.75 Å². The van der Waals surface area contributed by atoms with Gasteiger partial charge in [-0.2, -0.15) is 0 Å². The maximum atomic E-state index is 12.3. The molecule has 0 bridgehead atoms. The third-order valence-corrected chi connectivity index (χ3v) is 3.85. The molecule has 0 aliphatic rings. The molecule has 0 N–H and O–H groups in total. The van der Waals surface area contributed by atoms with Crippen molar-refractivity contribution in [3.63, 3.8) is 0 Å². The quantitative estimate of drug-likeness (QED) is 0.533. The summed E-state index contributed by atoms with van der Waals surface area (Å²) in [5.74, 6) is -0.918. The Morgan fingerprint density at radius 2 is 1.75 bits per heavy atom. The first-order chi connectivity index (χ1) is 13.4. The van der Waals surface area contributed by atoms with Crippen LogP contribution in [-0.2, 0) is 6.54 Å². The molecule has 4 rings (SSSR count). The number of rotatable bonds is 4. The number of hydrogen-bond acceptors (Lipinski definition) is 6. The van der Waals surface area contributed by atoms with Crippen LogP contribution in [0.15, 0.2) is 64.3 Å². The first kappa shape index (κ1) is 17.7. The van der Waals surface area contributed by atoms with E-state index in [1.54, 1.807) is 24.5 Å². The summed E-state index contributed by atoms with van der Waals surface area (Å²) in [5.41, 5.74) is 2.31. The smallest absolute Gasteiger partial charge is 0.406 e. The van der Waals surface area contributed by atoms with Gasteiger partial charge in [0.05, 0.1) is 12.2 Å². The first-order valence-electron chi connectivity index (χ1n) is 7.99. The zero-order valence-corrected chi connectivity index (χ0v) is 14.1. The van der Waals surface area contributed by atoms with Gasteiger partial charge in [-0.15, -0.1) is 13.2 Å². The van der Waals surface area contributed by atoms with Gasteiger partial charge in [0.2, 0.25) is 0 Å². The average Bonchev–Trinajstić information content (AvgIpc) is 2.97. The fourth-order valence-electron chi connectivity index (χ4n) is 2.67. The van der Waals surface area contributed by atoms with Crippen LogP contribution in [0.4, 0.5) is 13.2 Å². The number of fused-ring (bicyclic) bond motifs is 1. The van der Waals surface area contributed by atoms with Crippen molar-refractivity contribution in [2.45, 2.75) is 12.9 Å². The minimum Gasteiger partial charge on any atom is -0.406 e. The summed E-state index contributed by atoms with van der Waals surface area (Å²) in [6, 6.07) is 8.47. The minimum absolute atomic E-state index is 0.168. The van der Waals surface area contributed by atoms with Crippen LogP contribution in [0.1, 0.15) is 5.56 Å². The van der Waals surface area contributed by atoms with E-state index in [0.717, 1.165) is 0 Å². The Balaban J connectivity index is 1.69. The van der Waals surface area contributed by atoms with Crippen molar-refractivity contribution in [1.82, 2.24) is 19.5 Å². The minimum atomic E-state index is -4.76. The average molecular weight is 388 g/mol. The normalized spacial score (nSPS) is 11.7. The van der Waals surface area contributed by atoms with Crippen molar-refractivity contribution in [1.29, 1.82) is 0 Å². The third-order valence-electron chi connectivity index (χ3n) is 3.85. The van der Waals surface area contributed by atoms with E-state index in [0.29, 0.717) is 28.1 Å². The van der Waals surface area contributed by atoms with E-state index in [1.165, 1.54) is 35.2 Å². The van der Waals surface area contributed by atoms with E-state index in [9.17, 15) is 18.0 Å². The van der Waals surface area contributed by atoms with Crippen molar-refractivity contribution in [3.05, 3.63) is 71.2 Å². The second kappa shape index (κ2) is 6.80. The van der Waals surface area contributed by atoms with Crippen LogP contribution in [0.3, 0.4) is 0 Å². The Bertz CT molecular complexity index is 1170.